The Morgan fingerprint density at radius 2 is 1.80 bits per heavy atom. The molecule has 0 saturated carbocycles. The van der Waals surface area contributed by atoms with E-state index in [1.165, 1.54) is 12.1 Å². The van der Waals surface area contributed by atoms with Crippen molar-refractivity contribution in [1.29, 1.82) is 0 Å². The number of hydrogen-bond acceptors (Lipinski definition) is 5. The number of nitrogens with zero attached hydrogens (tertiary/aromatic N) is 4. The van der Waals surface area contributed by atoms with Gasteiger partial charge < -0.3 is 9.80 Å². The molecule has 2 fully saturated rings. The normalized spacial score (nSPS) is 21.2. The van der Waals surface area contributed by atoms with E-state index >= 15 is 0 Å². The topological polar surface area (TPSA) is 75.5 Å². The van der Waals surface area contributed by atoms with Gasteiger partial charge in [-0.2, -0.15) is 5.10 Å². The first kappa shape index (κ1) is 20.8. The van der Waals surface area contributed by atoms with E-state index in [1.807, 2.05) is 18.7 Å². The molecule has 0 radical (unpaired) electrons. The van der Waals surface area contributed by atoms with Crippen molar-refractivity contribution >= 4 is 21.4 Å². The van der Waals surface area contributed by atoms with Gasteiger partial charge in [-0.1, -0.05) is 0 Å². The fraction of sp³-hybridized carbons (Fsp3) is 0.524. The molecule has 2 aliphatic rings. The summed E-state index contributed by atoms with van der Waals surface area (Å²) in [6.45, 7) is 6.43. The summed E-state index contributed by atoms with van der Waals surface area (Å²) in [5, 5.41) is 4.56. The molecule has 162 valence electrons. The monoisotopic (exact) mass is 434 g/mol. The van der Waals surface area contributed by atoms with Crippen LogP contribution >= 0.6 is 0 Å². The van der Waals surface area contributed by atoms with Gasteiger partial charge in [-0.15, -0.1) is 0 Å². The molecule has 1 atom stereocenters. The van der Waals surface area contributed by atoms with Gasteiger partial charge in [0.05, 0.1) is 29.7 Å². The van der Waals surface area contributed by atoms with Gasteiger partial charge in [0.2, 0.25) is 5.91 Å². The third kappa shape index (κ3) is 4.21. The first-order chi connectivity index (χ1) is 14.2. The number of rotatable bonds is 4. The van der Waals surface area contributed by atoms with Gasteiger partial charge in [0.25, 0.3) is 0 Å². The SMILES string of the molecule is Cc1nn(C2CCS(=O)(=O)C2)c(C)c1CC(=O)N1CCN(c2ccc(F)cc2)CC1. The van der Waals surface area contributed by atoms with Gasteiger partial charge in [-0.3, -0.25) is 9.48 Å². The highest BCUT2D eigenvalue weighted by Crippen LogP contribution is 2.27. The zero-order chi connectivity index (χ0) is 21.5. The average molecular weight is 435 g/mol. The summed E-state index contributed by atoms with van der Waals surface area (Å²) in [6, 6.07) is 6.28. The van der Waals surface area contributed by atoms with Crippen molar-refractivity contribution < 1.29 is 17.6 Å². The van der Waals surface area contributed by atoms with Crippen LogP contribution in [-0.4, -0.2) is 66.7 Å². The zero-order valence-corrected chi connectivity index (χ0v) is 18.2. The van der Waals surface area contributed by atoms with E-state index in [0.29, 0.717) is 32.6 Å². The molecule has 7 nitrogen and oxygen atoms in total. The van der Waals surface area contributed by atoms with Crippen LogP contribution in [0.25, 0.3) is 0 Å². The fourth-order valence-electron chi connectivity index (χ4n) is 4.41. The predicted octanol–water partition coefficient (Wildman–Crippen LogP) is 1.89. The van der Waals surface area contributed by atoms with E-state index in [9.17, 15) is 17.6 Å². The highest BCUT2D eigenvalue weighted by molar-refractivity contribution is 7.91. The molecular weight excluding hydrogens is 407 g/mol. The summed E-state index contributed by atoms with van der Waals surface area (Å²) in [7, 11) is -3.00. The molecule has 30 heavy (non-hydrogen) atoms. The van der Waals surface area contributed by atoms with Crippen molar-refractivity contribution in [3.8, 4) is 0 Å². The summed E-state index contributed by atoms with van der Waals surface area (Å²) < 4.78 is 38.6. The van der Waals surface area contributed by atoms with E-state index in [4.69, 9.17) is 0 Å². The van der Waals surface area contributed by atoms with Crippen LogP contribution in [0.4, 0.5) is 10.1 Å². The lowest BCUT2D eigenvalue weighted by Crippen LogP contribution is -2.49. The lowest BCUT2D eigenvalue weighted by molar-refractivity contribution is -0.130. The van der Waals surface area contributed by atoms with Crippen molar-refractivity contribution in [3.63, 3.8) is 0 Å². The molecule has 1 unspecified atom stereocenters. The van der Waals surface area contributed by atoms with Gasteiger partial charge in [0.15, 0.2) is 9.84 Å². The first-order valence-corrected chi connectivity index (χ1v) is 12.1. The number of sulfone groups is 1. The summed E-state index contributed by atoms with van der Waals surface area (Å²) in [5.41, 5.74) is 3.52. The van der Waals surface area contributed by atoms with Gasteiger partial charge in [0, 0.05) is 43.1 Å². The maximum Gasteiger partial charge on any atom is 0.227 e. The number of anilines is 1. The molecule has 1 aromatic carbocycles. The predicted molar refractivity (Wildman–Crippen MR) is 113 cm³/mol. The summed E-state index contributed by atoms with van der Waals surface area (Å²) in [4.78, 5) is 16.9. The molecular formula is C21H27FN4O3S. The Labute approximate surface area is 176 Å². The van der Waals surface area contributed by atoms with Crippen molar-refractivity contribution in [3.05, 3.63) is 47.0 Å². The Kier molecular flexibility index (Phi) is 5.57. The molecule has 0 aliphatic carbocycles. The minimum Gasteiger partial charge on any atom is -0.368 e. The second kappa shape index (κ2) is 8.02. The van der Waals surface area contributed by atoms with Crippen LogP contribution in [0.1, 0.15) is 29.4 Å². The third-order valence-corrected chi connectivity index (χ3v) is 7.93. The lowest BCUT2D eigenvalue weighted by atomic mass is 10.1. The Morgan fingerprint density at radius 3 is 2.40 bits per heavy atom. The van der Waals surface area contributed by atoms with Gasteiger partial charge in [-0.05, 0) is 44.5 Å². The molecule has 3 heterocycles. The van der Waals surface area contributed by atoms with E-state index in [-0.39, 0.29) is 35.7 Å². The second-order valence-corrected chi connectivity index (χ2v) is 10.4. The molecule has 0 bridgehead atoms. The lowest BCUT2D eigenvalue weighted by Gasteiger charge is -2.36. The number of aryl methyl sites for hydroxylation is 1. The minimum atomic E-state index is -3.00. The molecule has 0 N–H and O–H groups in total. The molecule has 1 aromatic heterocycles. The number of hydrogen-bond donors (Lipinski definition) is 0. The van der Waals surface area contributed by atoms with Crippen LogP contribution in [-0.2, 0) is 21.1 Å². The van der Waals surface area contributed by atoms with Crippen molar-refractivity contribution in [2.45, 2.75) is 32.7 Å². The van der Waals surface area contributed by atoms with Crippen molar-refractivity contribution in [1.82, 2.24) is 14.7 Å². The van der Waals surface area contributed by atoms with Gasteiger partial charge in [0.1, 0.15) is 5.82 Å². The standard InChI is InChI=1S/C21H27FN4O3S/c1-15-20(16(2)26(23-15)19-7-12-30(28,29)14-19)13-21(27)25-10-8-24(9-11-25)18-5-3-17(22)4-6-18/h3-6,19H,7-14H2,1-2H3. The number of amides is 1. The van der Waals surface area contributed by atoms with E-state index in [1.54, 1.807) is 16.8 Å². The van der Waals surface area contributed by atoms with Crippen LogP contribution in [0, 0.1) is 19.7 Å². The number of benzene rings is 1. The van der Waals surface area contributed by atoms with E-state index in [2.05, 4.69) is 10.00 Å². The summed E-state index contributed by atoms with van der Waals surface area (Å²) >= 11 is 0. The first-order valence-electron chi connectivity index (χ1n) is 10.3. The Balaban J connectivity index is 1.39. The highest BCUT2D eigenvalue weighted by Gasteiger charge is 2.32. The van der Waals surface area contributed by atoms with Crippen LogP contribution in [0.3, 0.4) is 0 Å². The van der Waals surface area contributed by atoms with Crippen LogP contribution in [0.2, 0.25) is 0 Å². The number of halogens is 1. The Morgan fingerprint density at radius 1 is 1.13 bits per heavy atom. The van der Waals surface area contributed by atoms with Gasteiger partial charge in [-0.25, -0.2) is 12.8 Å². The second-order valence-electron chi connectivity index (χ2n) is 8.17. The number of piperazine rings is 1. The minimum absolute atomic E-state index is 0.0542. The molecule has 0 spiro atoms. The smallest absolute Gasteiger partial charge is 0.227 e. The fourth-order valence-corrected chi connectivity index (χ4v) is 6.10. The quantitative estimate of drug-likeness (QED) is 0.735. The largest absolute Gasteiger partial charge is 0.368 e. The Hall–Kier alpha value is -2.42. The van der Waals surface area contributed by atoms with Crippen molar-refractivity contribution in [2.24, 2.45) is 0 Å². The number of aromatic nitrogens is 2. The van der Waals surface area contributed by atoms with E-state index in [0.717, 1.165) is 22.6 Å². The number of carbonyl (C=O) groups excluding carboxylic acids is 1. The average Bonchev–Trinajstić information content (AvgIpc) is 3.22. The zero-order valence-electron chi connectivity index (χ0n) is 17.3. The molecule has 2 saturated heterocycles. The summed E-state index contributed by atoms with van der Waals surface area (Å²) in [5.74, 6) is 0.114. The van der Waals surface area contributed by atoms with E-state index < -0.39 is 9.84 Å². The molecule has 9 heteroatoms. The van der Waals surface area contributed by atoms with Crippen LogP contribution in [0.5, 0.6) is 0 Å². The molecule has 4 rings (SSSR count). The third-order valence-electron chi connectivity index (χ3n) is 6.18. The Bertz CT molecular complexity index is 1040. The highest BCUT2D eigenvalue weighted by atomic mass is 32.2. The van der Waals surface area contributed by atoms with Crippen LogP contribution < -0.4 is 4.90 Å². The summed E-state index contributed by atoms with van der Waals surface area (Å²) in [6.07, 6.45) is 0.844. The van der Waals surface area contributed by atoms with Crippen LogP contribution in [0.15, 0.2) is 24.3 Å². The number of carbonyl (C=O) groups is 1. The molecule has 1 amide bonds. The van der Waals surface area contributed by atoms with Gasteiger partial charge >= 0.3 is 0 Å². The maximum atomic E-state index is 13.1. The molecule has 2 aliphatic heterocycles. The maximum absolute atomic E-state index is 13.1. The molecule has 2 aromatic rings. The van der Waals surface area contributed by atoms with Crippen molar-refractivity contribution in [2.75, 3.05) is 42.6 Å².